The van der Waals surface area contributed by atoms with Crippen molar-refractivity contribution in [3.05, 3.63) is 28.8 Å². The van der Waals surface area contributed by atoms with E-state index in [1.54, 1.807) is 0 Å². The average molecular weight is 374 g/mol. The molecule has 0 bridgehead atoms. The molecule has 2 rings (SSSR count). The van der Waals surface area contributed by atoms with Crippen LogP contribution in [0.5, 0.6) is 5.75 Å². The van der Waals surface area contributed by atoms with Crippen LogP contribution in [0, 0.1) is 0 Å². The highest BCUT2D eigenvalue weighted by molar-refractivity contribution is 5.48. The highest BCUT2D eigenvalue weighted by atomic mass is 19.4. The molecular formula is C15H17F7N2O. The zero-order valence-electron chi connectivity index (χ0n) is 13.3. The van der Waals surface area contributed by atoms with Gasteiger partial charge in [0.25, 0.3) is 0 Å². The third kappa shape index (κ3) is 4.35. The third-order valence-corrected chi connectivity index (χ3v) is 4.07. The maximum atomic E-state index is 13.6. The van der Waals surface area contributed by atoms with Crippen LogP contribution in [0.15, 0.2) is 12.1 Å². The number of benzene rings is 1. The lowest BCUT2D eigenvalue weighted by molar-refractivity contribution is -0.144. The van der Waals surface area contributed by atoms with Gasteiger partial charge in [0, 0.05) is 31.7 Å². The summed E-state index contributed by atoms with van der Waals surface area (Å²) in [5, 5.41) is 2.98. The van der Waals surface area contributed by atoms with Gasteiger partial charge >= 0.3 is 12.4 Å². The molecule has 1 saturated heterocycles. The molecule has 1 atom stereocenters. The lowest BCUT2D eigenvalue weighted by atomic mass is 9.95. The predicted octanol–water partition coefficient (Wildman–Crippen LogP) is 3.65. The summed E-state index contributed by atoms with van der Waals surface area (Å²) in [7, 11) is 0.964. The number of hydrogen-bond acceptors (Lipinski definition) is 3. The Labute approximate surface area is 139 Å². The third-order valence-electron chi connectivity index (χ3n) is 4.07. The number of methoxy groups -OCH3 is 1. The van der Waals surface area contributed by atoms with E-state index in [-0.39, 0.29) is 19.2 Å². The maximum absolute atomic E-state index is 13.6. The van der Waals surface area contributed by atoms with E-state index in [0.29, 0.717) is 19.2 Å². The van der Waals surface area contributed by atoms with E-state index < -0.39 is 47.5 Å². The maximum Gasteiger partial charge on any atom is 0.416 e. The molecule has 0 saturated carbocycles. The van der Waals surface area contributed by atoms with Crippen molar-refractivity contribution in [2.75, 3.05) is 40.0 Å². The smallest absolute Gasteiger partial charge is 0.416 e. The summed E-state index contributed by atoms with van der Waals surface area (Å²) >= 11 is 0. The first kappa shape index (κ1) is 19.8. The number of halogens is 7. The van der Waals surface area contributed by atoms with Crippen LogP contribution in [-0.4, -0.2) is 44.9 Å². The Kier molecular flexibility index (Phi) is 5.82. The first-order chi connectivity index (χ1) is 11.6. The summed E-state index contributed by atoms with van der Waals surface area (Å²) in [5.41, 5.74) is -3.62. The van der Waals surface area contributed by atoms with Gasteiger partial charge in [0.1, 0.15) is 12.4 Å². The molecule has 0 spiro atoms. The highest BCUT2D eigenvalue weighted by Crippen LogP contribution is 2.45. The molecule has 0 unspecified atom stereocenters. The molecule has 1 fully saturated rings. The molecule has 25 heavy (non-hydrogen) atoms. The molecule has 0 aliphatic carbocycles. The van der Waals surface area contributed by atoms with Crippen molar-refractivity contribution in [1.82, 2.24) is 10.2 Å². The van der Waals surface area contributed by atoms with Gasteiger partial charge < -0.3 is 10.1 Å². The van der Waals surface area contributed by atoms with E-state index in [1.165, 1.54) is 4.90 Å². The van der Waals surface area contributed by atoms with Crippen LogP contribution in [0.25, 0.3) is 0 Å². The lowest BCUT2D eigenvalue weighted by Gasteiger charge is -2.35. The predicted molar refractivity (Wildman–Crippen MR) is 76.2 cm³/mol. The van der Waals surface area contributed by atoms with Gasteiger partial charge in [-0.25, -0.2) is 4.39 Å². The number of nitrogens with one attached hydrogen (secondary N) is 1. The Balaban J connectivity index is 2.64. The van der Waals surface area contributed by atoms with Gasteiger partial charge in [-0.15, -0.1) is 0 Å². The topological polar surface area (TPSA) is 24.5 Å². The highest BCUT2D eigenvalue weighted by Gasteiger charge is 2.42. The second-order valence-corrected chi connectivity index (χ2v) is 5.59. The first-order valence-electron chi connectivity index (χ1n) is 7.46. The van der Waals surface area contributed by atoms with Crippen LogP contribution in [-0.2, 0) is 12.4 Å². The largest absolute Gasteiger partial charge is 0.496 e. The van der Waals surface area contributed by atoms with Gasteiger partial charge in [0.15, 0.2) is 0 Å². The van der Waals surface area contributed by atoms with E-state index in [2.05, 4.69) is 5.32 Å². The number of nitrogens with zero attached hydrogens (tertiary/aromatic N) is 1. The van der Waals surface area contributed by atoms with E-state index in [4.69, 9.17) is 4.74 Å². The number of alkyl halides is 7. The quantitative estimate of drug-likeness (QED) is 0.815. The molecule has 1 aliphatic heterocycles. The van der Waals surface area contributed by atoms with Gasteiger partial charge in [-0.2, -0.15) is 26.3 Å². The summed E-state index contributed by atoms with van der Waals surface area (Å²) < 4.78 is 97.5. The van der Waals surface area contributed by atoms with Crippen molar-refractivity contribution in [2.45, 2.75) is 18.4 Å². The summed E-state index contributed by atoms with van der Waals surface area (Å²) in [4.78, 5) is 1.47. The van der Waals surface area contributed by atoms with Crippen molar-refractivity contribution in [3.63, 3.8) is 0 Å². The summed E-state index contributed by atoms with van der Waals surface area (Å²) in [6.45, 7) is 0.262. The van der Waals surface area contributed by atoms with Crippen LogP contribution in [0.4, 0.5) is 30.7 Å². The first-order valence-corrected chi connectivity index (χ1v) is 7.46. The summed E-state index contributed by atoms with van der Waals surface area (Å²) in [5.74, 6) is -0.622. The minimum absolute atomic E-state index is 0.0166. The molecule has 0 amide bonds. The average Bonchev–Trinajstić information content (AvgIpc) is 2.54. The summed E-state index contributed by atoms with van der Waals surface area (Å²) in [6.07, 6.45) is -10.1. The Morgan fingerprint density at radius 3 is 2.12 bits per heavy atom. The number of piperazine rings is 1. The van der Waals surface area contributed by atoms with E-state index in [9.17, 15) is 30.7 Å². The molecule has 3 nitrogen and oxygen atoms in total. The molecule has 1 N–H and O–H groups in total. The monoisotopic (exact) mass is 374 g/mol. The SMILES string of the molecule is COc1cc(C(F)(F)F)cc(C(F)(F)F)c1[C@H](CF)N1CCNCC1. The summed E-state index contributed by atoms with van der Waals surface area (Å²) in [6, 6.07) is -0.839. The zero-order chi connectivity index (χ0) is 18.8. The Morgan fingerprint density at radius 1 is 1.08 bits per heavy atom. The molecule has 1 aromatic rings. The molecule has 1 heterocycles. The van der Waals surface area contributed by atoms with Gasteiger partial charge in [-0.1, -0.05) is 0 Å². The van der Waals surface area contributed by atoms with Crippen molar-refractivity contribution in [3.8, 4) is 5.75 Å². The standard InChI is InChI=1S/C15H17F7N2O/c1-25-12-7-9(14(17,18)19)6-10(15(20,21)22)13(12)11(8-16)24-4-2-23-3-5-24/h6-7,11,23H,2-5,8H2,1H3/t11-/m0/s1. The Bertz CT molecular complexity index is 595. The van der Waals surface area contributed by atoms with Crippen molar-refractivity contribution in [1.29, 1.82) is 0 Å². The second kappa shape index (κ2) is 7.36. The van der Waals surface area contributed by atoms with Gasteiger partial charge in [0.05, 0.1) is 24.3 Å². The Morgan fingerprint density at radius 2 is 1.68 bits per heavy atom. The van der Waals surface area contributed by atoms with Crippen LogP contribution in [0.2, 0.25) is 0 Å². The van der Waals surface area contributed by atoms with E-state index in [1.807, 2.05) is 0 Å². The lowest BCUT2D eigenvalue weighted by Crippen LogP contribution is -2.46. The van der Waals surface area contributed by atoms with Gasteiger partial charge in [-0.05, 0) is 12.1 Å². The van der Waals surface area contributed by atoms with E-state index in [0.717, 1.165) is 7.11 Å². The zero-order valence-corrected chi connectivity index (χ0v) is 13.3. The molecule has 10 heteroatoms. The molecule has 0 aromatic heterocycles. The van der Waals surface area contributed by atoms with Crippen molar-refractivity contribution >= 4 is 0 Å². The minimum Gasteiger partial charge on any atom is -0.496 e. The normalized spacial score (nSPS) is 18.2. The van der Waals surface area contributed by atoms with Gasteiger partial charge in [0.2, 0.25) is 0 Å². The molecule has 1 aliphatic rings. The van der Waals surface area contributed by atoms with E-state index >= 15 is 0 Å². The van der Waals surface area contributed by atoms with Crippen LogP contribution in [0.1, 0.15) is 22.7 Å². The molecule has 1 aromatic carbocycles. The minimum atomic E-state index is -5.08. The molecule has 0 radical (unpaired) electrons. The fourth-order valence-electron chi connectivity index (χ4n) is 2.89. The fourth-order valence-corrected chi connectivity index (χ4v) is 2.89. The fraction of sp³-hybridized carbons (Fsp3) is 0.600. The molecule has 142 valence electrons. The molecular weight excluding hydrogens is 357 g/mol. The number of rotatable bonds is 4. The van der Waals surface area contributed by atoms with Crippen LogP contribution >= 0.6 is 0 Å². The van der Waals surface area contributed by atoms with Crippen LogP contribution in [0.3, 0.4) is 0 Å². The van der Waals surface area contributed by atoms with Crippen LogP contribution < -0.4 is 10.1 Å². The van der Waals surface area contributed by atoms with Gasteiger partial charge in [-0.3, -0.25) is 4.90 Å². The Hall–Kier alpha value is -1.55. The number of ether oxygens (including phenoxy) is 1. The van der Waals surface area contributed by atoms with Crippen molar-refractivity contribution in [2.24, 2.45) is 0 Å². The second-order valence-electron chi connectivity index (χ2n) is 5.59. The van der Waals surface area contributed by atoms with Crippen molar-refractivity contribution < 1.29 is 35.5 Å². The number of hydrogen-bond donors (Lipinski definition) is 1.